The minimum absolute atomic E-state index is 0.0527. The molecule has 0 N–H and O–H groups in total. The third-order valence-corrected chi connectivity index (χ3v) is 6.12. The van der Waals surface area contributed by atoms with E-state index in [-0.39, 0.29) is 21.7 Å². The molecule has 3 heterocycles. The van der Waals surface area contributed by atoms with Gasteiger partial charge in [0.1, 0.15) is 5.69 Å². The Balaban J connectivity index is 1.79. The number of hydrogen-bond acceptors (Lipinski definition) is 5. The molecular formula is C16H18Cl2N4O3S. The van der Waals surface area contributed by atoms with Crippen LogP contribution in [0.5, 0.6) is 0 Å². The summed E-state index contributed by atoms with van der Waals surface area (Å²) in [6.07, 6.45) is 5.26. The third-order valence-electron chi connectivity index (χ3n) is 4.51. The predicted octanol–water partition coefficient (Wildman–Crippen LogP) is 2.55. The summed E-state index contributed by atoms with van der Waals surface area (Å²) in [7, 11) is -1.77. The van der Waals surface area contributed by atoms with Crippen molar-refractivity contribution in [1.29, 1.82) is 0 Å². The molecule has 7 nitrogen and oxygen atoms in total. The minimum Gasteiger partial charge on any atom is -0.337 e. The van der Waals surface area contributed by atoms with Gasteiger partial charge in [0.25, 0.3) is 5.91 Å². The molecule has 2 aromatic heterocycles. The number of aryl methyl sites for hydroxylation is 1. The van der Waals surface area contributed by atoms with Gasteiger partial charge in [0, 0.05) is 38.5 Å². The lowest BCUT2D eigenvalue weighted by Crippen LogP contribution is -2.39. The number of carbonyl (C=O) groups is 1. The van der Waals surface area contributed by atoms with Crippen LogP contribution < -0.4 is 0 Å². The molecule has 1 fully saturated rings. The van der Waals surface area contributed by atoms with Crippen LogP contribution >= 0.6 is 23.2 Å². The molecule has 1 saturated heterocycles. The normalized spacial score (nSPS) is 16.1. The Bertz CT molecular complexity index is 931. The maximum Gasteiger partial charge on any atom is 0.273 e. The van der Waals surface area contributed by atoms with Crippen LogP contribution in [0.4, 0.5) is 0 Å². The molecule has 3 rings (SSSR count). The first kappa shape index (κ1) is 19.1. The quantitative estimate of drug-likeness (QED) is 0.766. The number of hydrogen-bond donors (Lipinski definition) is 0. The third kappa shape index (κ3) is 3.72. The second-order valence-electron chi connectivity index (χ2n) is 6.34. The zero-order valence-electron chi connectivity index (χ0n) is 14.3. The fourth-order valence-corrected chi connectivity index (χ4v) is 4.60. The lowest BCUT2D eigenvalue weighted by atomic mass is 9.93. The van der Waals surface area contributed by atoms with Gasteiger partial charge in [-0.3, -0.25) is 14.5 Å². The zero-order chi connectivity index (χ0) is 19.1. The van der Waals surface area contributed by atoms with Crippen molar-refractivity contribution in [3.8, 4) is 0 Å². The second kappa shape index (κ2) is 7.17. The summed E-state index contributed by atoms with van der Waals surface area (Å²) in [5.74, 6) is -0.232. The van der Waals surface area contributed by atoms with Gasteiger partial charge in [-0.25, -0.2) is 8.42 Å². The molecule has 0 bridgehead atoms. The molecule has 1 amide bonds. The Morgan fingerprint density at radius 2 is 1.88 bits per heavy atom. The van der Waals surface area contributed by atoms with Crippen molar-refractivity contribution in [3.63, 3.8) is 0 Å². The molecule has 0 atom stereocenters. The highest BCUT2D eigenvalue weighted by Crippen LogP contribution is 2.33. The van der Waals surface area contributed by atoms with E-state index in [1.54, 1.807) is 11.9 Å². The van der Waals surface area contributed by atoms with E-state index < -0.39 is 9.84 Å². The van der Waals surface area contributed by atoms with Gasteiger partial charge < -0.3 is 4.90 Å². The van der Waals surface area contributed by atoms with Gasteiger partial charge in [-0.1, -0.05) is 23.2 Å². The number of halogens is 2. The molecule has 10 heteroatoms. The first-order valence-electron chi connectivity index (χ1n) is 8.00. The Labute approximate surface area is 161 Å². The van der Waals surface area contributed by atoms with E-state index in [2.05, 4.69) is 10.1 Å². The van der Waals surface area contributed by atoms with Crippen LogP contribution in [0, 0.1) is 0 Å². The van der Waals surface area contributed by atoms with Gasteiger partial charge in [-0.2, -0.15) is 5.10 Å². The van der Waals surface area contributed by atoms with E-state index in [0.717, 1.165) is 6.26 Å². The SMILES string of the molecule is Cn1ncc(Cl)c1C(=O)N1CCC(c2ncc(Cl)cc2S(C)(=O)=O)CC1. The van der Waals surface area contributed by atoms with Gasteiger partial charge in [-0.15, -0.1) is 0 Å². The maximum absolute atomic E-state index is 12.7. The lowest BCUT2D eigenvalue weighted by molar-refractivity contribution is 0.0700. The Morgan fingerprint density at radius 1 is 1.23 bits per heavy atom. The fraction of sp³-hybridized carbons (Fsp3) is 0.438. The number of amides is 1. The Morgan fingerprint density at radius 3 is 2.42 bits per heavy atom. The summed E-state index contributed by atoms with van der Waals surface area (Å²) in [4.78, 5) is 18.8. The maximum atomic E-state index is 12.7. The zero-order valence-corrected chi connectivity index (χ0v) is 16.6. The number of rotatable bonds is 3. The lowest BCUT2D eigenvalue weighted by Gasteiger charge is -2.32. The van der Waals surface area contributed by atoms with Gasteiger partial charge >= 0.3 is 0 Å². The van der Waals surface area contributed by atoms with Crippen LogP contribution in [-0.4, -0.2) is 53.3 Å². The minimum atomic E-state index is -3.44. The summed E-state index contributed by atoms with van der Waals surface area (Å²) >= 11 is 12.0. The van der Waals surface area contributed by atoms with Gasteiger partial charge in [0.05, 0.1) is 26.8 Å². The van der Waals surface area contributed by atoms with E-state index in [1.165, 1.54) is 23.1 Å². The van der Waals surface area contributed by atoms with Crippen molar-refractivity contribution < 1.29 is 13.2 Å². The molecule has 2 aromatic rings. The second-order valence-corrected chi connectivity index (χ2v) is 9.17. The van der Waals surface area contributed by atoms with Crippen LogP contribution in [0.15, 0.2) is 23.4 Å². The van der Waals surface area contributed by atoms with Crippen LogP contribution in [0.25, 0.3) is 0 Å². The highest BCUT2D eigenvalue weighted by atomic mass is 35.5. The molecule has 140 valence electrons. The molecule has 26 heavy (non-hydrogen) atoms. The monoisotopic (exact) mass is 416 g/mol. The molecular weight excluding hydrogens is 399 g/mol. The molecule has 1 aliphatic rings. The summed E-state index contributed by atoms with van der Waals surface area (Å²) in [6.45, 7) is 0.969. The highest BCUT2D eigenvalue weighted by molar-refractivity contribution is 7.90. The molecule has 0 aliphatic carbocycles. The Kier molecular flexibility index (Phi) is 5.28. The fourth-order valence-electron chi connectivity index (χ4n) is 3.19. The van der Waals surface area contributed by atoms with Crippen molar-refractivity contribution >= 4 is 38.9 Å². The average Bonchev–Trinajstić information content (AvgIpc) is 2.92. The number of piperidine rings is 1. The molecule has 0 radical (unpaired) electrons. The average molecular weight is 417 g/mol. The van der Waals surface area contributed by atoms with Crippen LogP contribution in [0.2, 0.25) is 10.0 Å². The summed E-state index contributed by atoms with van der Waals surface area (Å²) < 4.78 is 25.6. The highest BCUT2D eigenvalue weighted by Gasteiger charge is 2.30. The summed E-state index contributed by atoms with van der Waals surface area (Å²) in [5, 5.41) is 4.59. The van der Waals surface area contributed by atoms with Crippen LogP contribution in [0.3, 0.4) is 0 Å². The van der Waals surface area contributed by atoms with Gasteiger partial charge in [-0.05, 0) is 18.9 Å². The van der Waals surface area contributed by atoms with Crippen molar-refractivity contribution in [2.45, 2.75) is 23.7 Å². The number of pyridine rings is 1. The Hall–Kier alpha value is -1.64. The number of nitrogens with zero attached hydrogens (tertiary/aromatic N) is 4. The van der Waals surface area contributed by atoms with E-state index in [0.29, 0.717) is 42.3 Å². The molecule has 0 saturated carbocycles. The smallest absolute Gasteiger partial charge is 0.273 e. The van der Waals surface area contributed by atoms with Crippen molar-refractivity contribution in [2.75, 3.05) is 19.3 Å². The van der Waals surface area contributed by atoms with E-state index in [4.69, 9.17) is 23.2 Å². The number of carbonyl (C=O) groups excluding carboxylic acids is 1. The van der Waals surface area contributed by atoms with Gasteiger partial charge in [0.15, 0.2) is 9.84 Å². The van der Waals surface area contributed by atoms with E-state index in [9.17, 15) is 13.2 Å². The molecule has 0 spiro atoms. The van der Waals surface area contributed by atoms with Gasteiger partial charge in [0.2, 0.25) is 0 Å². The van der Waals surface area contributed by atoms with Crippen LogP contribution in [-0.2, 0) is 16.9 Å². The topological polar surface area (TPSA) is 85.2 Å². The largest absolute Gasteiger partial charge is 0.337 e. The predicted molar refractivity (Wildman–Crippen MR) is 98.5 cm³/mol. The van der Waals surface area contributed by atoms with E-state index in [1.807, 2.05) is 0 Å². The summed E-state index contributed by atoms with van der Waals surface area (Å²) in [5.41, 5.74) is 0.870. The van der Waals surface area contributed by atoms with Crippen LogP contribution in [0.1, 0.15) is 34.9 Å². The van der Waals surface area contributed by atoms with E-state index >= 15 is 0 Å². The molecule has 0 unspecified atom stereocenters. The standard InChI is InChI=1S/C16H18Cl2N4O3S/c1-21-15(12(18)9-20-21)16(23)22-5-3-10(4-6-22)14-13(26(2,24)25)7-11(17)8-19-14/h7-10H,3-6H2,1-2H3. The first-order valence-corrected chi connectivity index (χ1v) is 10.7. The first-order chi connectivity index (χ1) is 12.2. The number of likely N-dealkylation sites (tertiary alicyclic amines) is 1. The summed E-state index contributed by atoms with van der Waals surface area (Å²) in [6, 6.07) is 1.44. The molecule has 1 aliphatic heterocycles. The van der Waals surface area contributed by atoms with Crippen molar-refractivity contribution in [1.82, 2.24) is 19.7 Å². The number of sulfone groups is 1. The number of aromatic nitrogens is 3. The van der Waals surface area contributed by atoms with Crippen molar-refractivity contribution in [3.05, 3.63) is 39.9 Å². The van der Waals surface area contributed by atoms with Crippen molar-refractivity contribution in [2.24, 2.45) is 7.05 Å². The molecule has 0 aromatic carbocycles.